The third-order valence-corrected chi connectivity index (χ3v) is 6.98. The summed E-state index contributed by atoms with van der Waals surface area (Å²) in [6.45, 7) is 2.55. The highest BCUT2D eigenvalue weighted by Crippen LogP contribution is 2.35. The molecule has 2 amide bonds. The lowest BCUT2D eigenvalue weighted by molar-refractivity contribution is -0.117. The van der Waals surface area contributed by atoms with Crippen LogP contribution in [0, 0.1) is 6.92 Å². The van der Waals surface area contributed by atoms with Gasteiger partial charge in [-0.05, 0) is 35.8 Å². The van der Waals surface area contributed by atoms with Gasteiger partial charge in [-0.25, -0.2) is 0 Å². The van der Waals surface area contributed by atoms with E-state index in [0.29, 0.717) is 23.7 Å². The number of nitrogens with one attached hydrogen (secondary N) is 1. The minimum atomic E-state index is -0.258. The van der Waals surface area contributed by atoms with Crippen molar-refractivity contribution in [1.29, 1.82) is 0 Å². The van der Waals surface area contributed by atoms with E-state index >= 15 is 0 Å². The third kappa shape index (κ3) is 5.05. The Labute approximate surface area is 208 Å². The molecule has 1 atom stereocenters. The van der Waals surface area contributed by atoms with Gasteiger partial charge in [0.2, 0.25) is 11.0 Å². The molecule has 1 aromatic heterocycles. The normalized spacial score (nSPS) is 15.9. The minimum Gasteiger partial charge on any atom is -0.311 e. The number of aryl methyl sites for hydroxylation is 1. The molecule has 0 radical (unpaired) electrons. The van der Waals surface area contributed by atoms with Crippen molar-refractivity contribution < 1.29 is 9.59 Å². The molecule has 0 spiro atoms. The van der Waals surface area contributed by atoms with Gasteiger partial charge in [-0.3, -0.25) is 14.9 Å². The highest BCUT2D eigenvalue weighted by atomic mass is 32.1. The van der Waals surface area contributed by atoms with Crippen LogP contribution in [0.15, 0.2) is 84.9 Å². The summed E-state index contributed by atoms with van der Waals surface area (Å²) in [5.41, 5.74) is 4.27. The first-order valence-electron chi connectivity index (χ1n) is 11.4. The maximum Gasteiger partial charge on any atom is 0.258 e. The second-order valence-corrected chi connectivity index (χ2v) is 9.44. The van der Waals surface area contributed by atoms with Crippen molar-refractivity contribution in [3.63, 3.8) is 0 Å². The molecule has 1 aliphatic rings. The zero-order valence-electron chi connectivity index (χ0n) is 19.2. The number of hydrogen-bond acceptors (Lipinski definition) is 5. The lowest BCUT2D eigenvalue weighted by Gasteiger charge is -2.18. The maximum atomic E-state index is 13.3. The van der Waals surface area contributed by atoms with Gasteiger partial charge in [0.1, 0.15) is 5.01 Å². The number of carbonyl (C=O) groups is 2. The van der Waals surface area contributed by atoms with Crippen LogP contribution >= 0.6 is 11.3 Å². The Morgan fingerprint density at radius 3 is 2.40 bits per heavy atom. The van der Waals surface area contributed by atoms with E-state index in [1.54, 1.807) is 0 Å². The van der Waals surface area contributed by atoms with Crippen molar-refractivity contribution in [1.82, 2.24) is 10.2 Å². The molecular formula is C28H24N4O2S. The van der Waals surface area contributed by atoms with Crippen LogP contribution in [0.1, 0.15) is 34.0 Å². The molecule has 4 aromatic rings. The zero-order chi connectivity index (χ0) is 24.2. The van der Waals surface area contributed by atoms with E-state index < -0.39 is 0 Å². The van der Waals surface area contributed by atoms with Crippen molar-refractivity contribution in [3.05, 3.63) is 107 Å². The van der Waals surface area contributed by atoms with Gasteiger partial charge < -0.3 is 4.90 Å². The summed E-state index contributed by atoms with van der Waals surface area (Å²) in [6.07, 6.45) is 2.24. The van der Waals surface area contributed by atoms with Crippen molar-refractivity contribution in [2.24, 2.45) is 0 Å². The standard InChI is InChI=1S/C28H24N4O2S/c1-19-10-8-9-15-24(19)32-18-22(17-25(32)33)27-30-31-28(35-27)29-26(34)23(21-13-6-3-7-14-21)16-20-11-4-2-5-12-20/h2-16,22H,17-18H2,1H3,(H,29,31,34)/b23-16+. The summed E-state index contributed by atoms with van der Waals surface area (Å²) in [6, 6.07) is 27.1. The van der Waals surface area contributed by atoms with E-state index in [0.717, 1.165) is 27.4 Å². The Bertz CT molecular complexity index is 1380. The Morgan fingerprint density at radius 1 is 0.971 bits per heavy atom. The molecule has 1 fully saturated rings. The van der Waals surface area contributed by atoms with E-state index in [2.05, 4.69) is 15.5 Å². The monoisotopic (exact) mass is 480 g/mol. The lowest BCUT2D eigenvalue weighted by atomic mass is 10.0. The van der Waals surface area contributed by atoms with Gasteiger partial charge in [0.05, 0.1) is 0 Å². The van der Waals surface area contributed by atoms with Crippen LogP contribution in [0.5, 0.6) is 0 Å². The summed E-state index contributed by atoms with van der Waals surface area (Å²) >= 11 is 1.32. The Kier molecular flexibility index (Phi) is 6.50. The average molecular weight is 481 g/mol. The van der Waals surface area contributed by atoms with Gasteiger partial charge in [-0.1, -0.05) is 90.2 Å². The van der Waals surface area contributed by atoms with Gasteiger partial charge >= 0.3 is 0 Å². The first kappa shape index (κ1) is 22.7. The van der Waals surface area contributed by atoms with Crippen LogP contribution < -0.4 is 10.2 Å². The predicted molar refractivity (Wildman–Crippen MR) is 140 cm³/mol. The predicted octanol–water partition coefficient (Wildman–Crippen LogP) is 5.55. The summed E-state index contributed by atoms with van der Waals surface area (Å²) in [5, 5.41) is 12.6. The fraction of sp³-hybridized carbons (Fsp3) is 0.143. The number of aromatic nitrogens is 2. The van der Waals surface area contributed by atoms with E-state index in [1.807, 2.05) is 103 Å². The molecule has 1 aliphatic heterocycles. The fourth-order valence-corrected chi connectivity index (χ4v) is 5.03. The van der Waals surface area contributed by atoms with Crippen molar-refractivity contribution in [2.45, 2.75) is 19.3 Å². The molecular weight excluding hydrogens is 456 g/mol. The molecule has 35 heavy (non-hydrogen) atoms. The fourth-order valence-electron chi connectivity index (χ4n) is 4.20. The van der Waals surface area contributed by atoms with E-state index in [-0.39, 0.29) is 17.7 Å². The smallest absolute Gasteiger partial charge is 0.258 e. The van der Waals surface area contributed by atoms with E-state index in [9.17, 15) is 9.59 Å². The van der Waals surface area contributed by atoms with Gasteiger partial charge in [0.25, 0.3) is 5.91 Å². The quantitative estimate of drug-likeness (QED) is 0.290. The number of nitrogens with zero attached hydrogens (tertiary/aromatic N) is 3. The number of carbonyl (C=O) groups excluding carboxylic acids is 2. The van der Waals surface area contributed by atoms with Crippen LogP contribution in [-0.4, -0.2) is 28.6 Å². The molecule has 1 N–H and O–H groups in total. The Hall–Kier alpha value is -4.10. The summed E-state index contributed by atoms with van der Waals surface area (Å²) < 4.78 is 0. The molecule has 1 unspecified atom stereocenters. The van der Waals surface area contributed by atoms with Crippen molar-refractivity contribution >= 4 is 45.6 Å². The number of rotatable bonds is 6. The first-order valence-corrected chi connectivity index (χ1v) is 12.2. The van der Waals surface area contributed by atoms with Crippen LogP contribution in [-0.2, 0) is 9.59 Å². The average Bonchev–Trinajstić information content (AvgIpc) is 3.50. The van der Waals surface area contributed by atoms with Crippen molar-refractivity contribution in [2.75, 3.05) is 16.8 Å². The minimum absolute atomic E-state index is 0.0567. The van der Waals surface area contributed by atoms with Gasteiger partial charge in [-0.2, -0.15) is 0 Å². The molecule has 7 heteroatoms. The van der Waals surface area contributed by atoms with Crippen LogP contribution in [0.2, 0.25) is 0 Å². The number of anilines is 2. The summed E-state index contributed by atoms with van der Waals surface area (Å²) in [7, 11) is 0. The third-order valence-electron chi connectivity index (χ3n) is 5.98. The molecule has 3 aromatic carbocycles. The van der Waals surface area contributed by atoms with E-state index in [1.165, 1.54) is 11.3 Å². The Balaban J connectivity index is 1.34. The second-order valence-electron chi connectivity index (χ2n) is 8.43. The number of benzene rings is 3. The number of amides is 2. The van der Waals surface area contributed by atoms with E-state index in [4.69, 9.17) is 0 Å². The highest BCUT2D eigenvalue weighted by Gasteiger charge is 2.34. The molecule has 174 valence electrons. The molecule has 2 heterocycles. The largest absolute Gasteiger partial charge is 0.311 e. The second kappa shape index (κ2) is 10.0. The SMILES string of the molecule is Cc1ccccc1N1CC(c2nnc(NC(=O)/C(=C/c3ccccc3)c3ccccc3)s2)CC1=O. The number of hydrogen-bond donors (Lipinski definition) is 1. The highest BCUT2D eigenvalue weighted by molar-refractivity contribution is 7.15. The number of para-hydroxylation sites is 1. The lowest BCUT2D eigenvalue weighted by Crippen LogP contribution is -2.25. The van der Waals surface area contributed by atoms with Crippen molar-refractivity contribution in [3.8, 4) is 0 Å². The molecule has 5 rings (SSSR count). The van der Waals surface area contributed by atoms with Crippen LogP contribution in [0.4, 0.5) is 10.8 Å². The molecule has 0 bridgehead atoms. The zero-order valence-corrected chi connectivity index (χ0v) is 20.0. The summed E-state index contributed by atoms with van der Waals surface area (Å²) in [5.74, 6) is -0.243. The molecule has 6 nitrogen and oxygen atoms in total. The van der Waals surface area contributed by atoms with Crippen LogP contribution in [0.25, 0.3) is 11.6 Å². The molecule has 0 aliphatic carbocycles. The van der Waals surface area contributed by atoms with Crippen LogP contribution in [0.3, 0.4) is 0 Å². The Morgan fingerprint density at radius 2 is 1.66 bits per heavy atom. The molecule has 1 saturated heterocycles. The van der Waals surface area contributed by atoms with Gasteiger partial charge in [0.15, 0.2) is 0 Å². The molecule has 0 saturated carbocycles. The van der Waals surface area contributed by atoms with Gasteiger partial charge in [0, 0.05) is 30.1 Å². The topological polar surface area (TPSA) is 75.2 Å². The first-order chi connectivity index (χ1) is 17.1. The summed E-state index contributed by atoms with van der Waals surface area (Å²) in [4.78, 5) is 27.8. The van der Waals surface area contributed by atoms with Gasteiger partial charge in [-0.15, -0.1) is 10.2 Å². The maximum absolute atomic E-state index is 13.3.